The molecule has 1 heterocycles. The maximum Gasteiger partial charge on any atom is 0.228 e. The summed E-state index contributed by atoms with van der Waals surface area (Å²) in [5.74, 6) is -0.690. The van der Waals surface area contributed by atoms with Crippen LogP contribution in [0.15, 0.2) is 12.1 Å². The third-order valence-electron chi connectivity index (χ3n) is 3.16. The molecule has 0 aliphatic carbocycles. The second-order valence-corrected chi connectivity index (χ2v) is 4.42. The lowest BCUT2D eigenvalue weighted by molar-refractivity contribution is -0.119. The Balaban J connectivity index is 2.20. The van der Waals surface area contributed by atoms with Crippen molar-refractivity contribution in [1.29, 1.82) is 5.26 Å². The van der Waals surface area contributed by atoms with Gasteiger partial charge in [-0.25, -0.2) is 4.39 Å². The van der Waals surface area contributed by atoms with Gasteiger partial charge in [0, 0.05) is 17.8 Å². The number of benzene rings is 1. The number of nitrogens with one attached hydrogen (secondary N) is 2. The SMILES string of the molecule is Cc1c(F)cc(C#N)cc1NC(=O)C1CCNC1. The molecule has 1 aromatic rings. The highest BCUT2D eigenvalue weighted by atomic mass is 19.1. The largest absolute Gasteiger partial charge is 0.325 e. The van der Waals surface area contributed by atoms with Crippen molar-refractivity contribution in [3.05, 3.63) is 29.1 Å². The molecule has 0 saturated carbocycles. The monoisotopic (exact) mass is 247 g/mol. The Kier molecular flexibility index (Phi) is 3.58. The summed E-state index contributed by atoms with van der Waals surface area (Å²) < 4.78 is 13.5. The van der Waals surface area contributed by atoms with Crippen molar-refractivity contribution in [3.8, 4) is 6.07 Å². The van der Waals surface area contributed by atoms with E-state index in [2.05, 4.69) is 10.6 Å². The normalized spacial score (nSPS) is 18.4. The highest BCUT2D eigenvalue weighted by Gasteiger charge is 2.23. The Morgan fingerprint density at radius 3 is 3.00 bits per heavy atom. The standard InChI is InChI=1S/C13H14FN3O/c1-8-11(14)4-9(6-15)5-12(8)17-13(18)10-2-3-16-7-10/h4-5,10,16H,2-3,7H2,1H3,(H,17,18). The minimum absolute atomic E-state index is 0.0850. The minimum Gasteiger partial charge on any atom is -0.325 e. The zero-order valence-electron chi connectivity index (χ0n) is 10.1. The first-order valence-electron chi connectivity index (χ1n) is 5.83. The van der Waals surface area contributed by atoms with Crippen molar-refractivity contribution in [1.82, 2.24) is 5.32 Å². The van der Waals surface area contributed by atoms with E-state index in [-0.39, 0.29) is 17.4 Å². The fourth-order valence-corrected chi connectivity index (χ4v) is 1.99. The van der Waals surface area contributed by atoms with E-state index in [1.165, 1.54) is 12.1 Å². The first-order chi connectivity index (χ1) is 8.61. The molecule has 0 bridgehead atoms. The molecule has 1 aliphatic rings. The Hall–Kier alpha value is -1.93. The quantitative estimate of drug-likeness (QED) is 0.833. The Bertz CT molecular complexity index is 516. The maximum absolute atomic E-state index is 13.5. The molecule has 1 amide bonds. The minimum atomic E-state index is -0.478. The van der Waals surface area contributed by atoms with Gasteiger partial charge in [-0.2, -0.15) is 5.26 Å². The topological polar surface area (TPSA) is 64.9 Å². The Labute approximate surface area is 105 Å². The van der Waals surface area contributed by atoms with Crippen LogP contribution >= 0.6 is 0 Å². The molecule has 2 rings (SSSR count). The van der Waals surface area contributed by atoms with Crippen molar-refractivity contribution in [2.24, 2.45) is 5.92 Å². The third kappa shape index (κ3) is 2.49. The summed E-state index contributed by atoms with van der Waals surface area (Å²) in [6, 6.07) is 4.54. The molecule has 0 spiro atoms. The van der Waals surface area contributed by atoms with E-state index in [0.717, 1.165) is 13.0 Å². The Morgan fingerprint density at radius 2 is 2.39 bits per heavy atom. The lowest BCUT2D eigenvalue weighted by Crippen LogP contribution is -2.25. The van der Waals surface area contributed by atoms with Crippen LogP contribution in [0.4, 0.5) is 10.1 Å². The zero-order chi connectivity index (χ0) is 13.1. The molecule has 5 heteroatoms. The summed E-state index contributed by atoms with van der Waals surface area (Å²) >= 11 is 0. The molecule has 1 saturated heterocycles. The molecule has 18 heavy (non-hydrogen) atoms. The van der Waals surface area contributed by atoms with Gasteiger partial charge in [-0.1, -0.05) is 0 Å². The molecular weight excluding hydrogens is 233 g/mol. The highest BCUT2D eigenvalue weighted by molar-refractivity contribution is 5.93. The Morgan fingerprint density at radius 1 is 1.61 bits per heavy atom. The number of carbonyl (C=O) groups excluding carboxylic acids is 1. The molecule has 4 nitrogen and oxygen atoms in total. The van der Waals surface area contributed by atoms with Crippen LogP contribution in [0.5, 0.6) is 0 Å². The van der Waals surface area contributed by atoms with Crippen LogP contribution in [0.3, 0.4) is 0 Å². The molecule has 1 fully saturated rings. The van der Waals surface area contributed by atoms with Crippen LogP contribution in [0.1, 0.15) is 17.5 Å². The number of nitriles is 1. The fourth-order valence-electron chi connectivity index (χ4n) is 1.99. The molecule has 0 aromatic heterocycles. The molecular formula is C13H14FN3O. The summed E-state index contributed by atoms with van der Waals surface area (Å²) in [7, 11) is 0. The van der Waals surface area contributed by atoms with Gasteiger partial charge in [-0.3, -0.25) is 4.79 Å². The van der Waals surface area contributed by atoms with E-state index >= 15 is 0 Å². The van der Waals surface area contributed by atoms with Gasteiger partial charge in [-0.05, 0) is 32.0 Å². The van der Waals surface area contributed by atoms with Crippen LogP contribution < -0.4 is 10.6 Å². The van der Waals surface area contributed by atoms with Crippen molar-refractivity contribution < 1.29 is 9.18 Å². The van der Waals surface area contributed by atoms with Crippen molar-refractivity contribution >= 4 is 11.6 Å². The molecule has 1 aliphatic heterocycles. The van der Waals surface area contributed by atoms with Crippen LogP contribution in [-0.2, 0) is 4.79 Å². The first kappa shape index (κ1) is 12.5. The van der Waals surface area contributed by atoms with Gasteiger partial charge >= 0.3 is 0 Å². The van der Waals surface area contributed by atoms with Crippen molar-refractivity contribution in [3.63, 3.8) is 0 Å². The lowest BCUT2D eigenvalue weighted by Gasteiger charge is -2.12. The van der Waals surface area contributed by atoms with Gasteiger partial charge in [0.25, 0.3) is 0 Å². The number of hydrogen-bond acceptors (Lipinski definition) is 3. The highest BCUT2D eigenvalue weighted by Crippen LogP contribution is 2.21. The van der Waals surface area contributed by atoms with Crippen LogP contribution in [0.2, 0.25) is 0 Å². The second kappa shape index (κ2) is 5.15. The average Bonchev–Trinajstić information content (AvgIpc) is 2.88. The predicted molar refractivity (Wildman–Crippen MR) is 65.5 cm³/mol. The summed E-state index contributed by atoms with van der Waals surface area (Å²) in [4.78, 5) is 11.9. The summed E-state index contributed by atoms with van der Waals surface area (Å²) in [6.45, 7) is 3.05. The van der Waals surface area contributed by atoms with E-state index in [0.29, 0.717) is 17.8 Å². The number of rotatable bonds is 2. The average molecular weight is 247 g/mol. The van der Waals surface area contributed by atoms with Gasteiger partial charge in [0.2, 0.25) is 5.91 Å². The summed E-state index contributed by atoms with van der Waals surface area (Å²) in [5, 5.41) is 14.6. The van der Waals surface area contributed by atoms with E-state index < -0.39 is 5.82 Å². The number of halogens is 1. The summed E-state index contributed by atoms with van der Waals surface area (Å²) in [5.41, 5.74) is 0.940. The summed E-state index contributed by atoms with van der Waals surface area (Å²) in [6.07, 6.45) is 0.783. The van der Waals surface area contributed by atoms with E-state index in [9.17, 15) is 9.18 Å². The molecule has 1 unspecified atom stereocenters. The fraction of sp³-hybridized carbons (Fsp3) is 0.385. The number of anilines is 1. The maximum atomic E-state index is 13.5. The smallest absolute Gasteiger partial charge is 0.228 e. The number of nitrogens with zero attached hydrogens (tertiary/aromatic N) is 1. The molecule has 1 aromatic carbocycles. The number of carbonyl (C=O) groups is 1. The van der Waals surface area contributed by atoms with Crippen LogP contribution in [0, 0.1) is 30.0 Å². The molecule has 1 atom stereocenters. The molecule has 0 radical (unpaired) electrons. The van der Waals surface area contributed by atoms with Crippen LogP contribution in [-0.4, -0.2) is 19.0 Å². The predicted octanol–water partition coefficient (Wildman–Crippen LogP) is 1.55. The number of hydrogen-bond donors (Lipinski definition) is 2. The number of amides is 1. The van der Waals surface area contributed by atoms with Gasteiger partial charge < -0.3 is 10.6 Å². The van der Waals surface area contributed by atoms with E-state index in [4.69, 9.17) is 5.26 Å². The van der Waals surface area contributed by atoms with Crippen molar-refractivity contribution in [2.45, 2.75) is 13.3 Å². The van der Waals surface area contributed by atoms with Gasteiger partial charge in [-0.15, -0.1) is 0 Å². The third-order valence-corrected chi connectivity index (χ3v) is 3.16. The van der Waals surface area contributed by atoms with Crippen molar-refractivity contribution in [2.75, 3.05) is 18.4 Å². The first-order valence-corrected chi connectivity index (χ1v) is 5.83. The lowest BCUT2D eigenvalue weighted by atomic mass is 10.1. The molecule has 2 N–H and O–H groups in total. The zero-order valence-corrected chi connectivity index (χ0v) is 10.1. The van der Waals surface area contributed by atoms with E-state index in [1.807, 2.05) is 6.07 Å². The van der Waals surface area contributed by atoms with Gasteiger partial charge in [0.15, 0.2) is 0 Å². The van der Waals surface area contributed by atoms with Gasteiger partial charge in [0.1, 0.15) is 5.82 Å². The second-order valence-electron chi connectivity index (χ2n) is 4.42. The molecule has 94 valence electrons. The van der Waals surface area contributed by atoms with Gasteiger partial charge in [0.05, 0.1) is 17.6 Å². The van der Waals surface area contributed by atoms with Crippen LogP contribution in [0.25, 0.3) is 0 Å². The van der Waals surface area contributed by atoms with E-state index in [1.54, 1.807) is 6.92 Å².